The number of carbonyl (C=O) groups excluding carboxylic acids is 2. The van der Waals surface area contributed by atoms with Crippen LogP contribution in [0.4, 0.5) is 0 Å². The number of ketones is 2. The fourth-order valence-electron chi connectivity index (χ4n) is 1.86. The minimum atomic E-state index is -0.610. The third-order valence-corrected chi connectivity index (χ3v) is 6.66. The Morgan fingerprint density at radius 3 is 2.40 bits per heavy atom. The lowest BCUT2D eigenvalue weighted by atomic mass is 9.96. The van der Waals surface area contributed by atoms with Gasteiger partial charge in [-0.1, -0.05) is 0 Å². The average Bonchev–Trinajstić information content (AvgIpc) is 2.42. The molecule has 1 heterocycles. The fraction of sp³-hybridized carbons (Fsp3) is 0.857. The van der Waals surface area contributed by atoms with Crippen molar-refractivity contribution in [2.75, 3.05) is 36.6 Å². The van der Waals surface area contributed by atoms with Crippen molar-refractivity contribution in [3.63, 3.8) is 0 Å². The van der Waals surface area contributed by atoms with Gasteiger partial charge in [0.25, 0.3) is 0 Å². The van der Waals surface area contributed by atoms with Crippen LogP contribution in [0.2, 0.25) is 0 Å². The molecule has 1 aliphatic heterocycles. The molecule has 0 aromatic heterocycles. The van der Waals surface area contributed by atoms with E-state index in [-0.39, 0.29) is 18.1 Å². The van der Waals surface area contributed by atoms with Crippen molar-refractivity contribution in [2.45, 2.75) is 38.3 Å². The molecule has 116 valence electrons. The zero-order valence-corrected chi connectivity index (χ0v) is 14.5. The molecule has 1 fully saturated rings. The molecular formula is C14H26N2O2S2. The van der Waals surface area contributed by atoms with Gasteiger partial charge in [-0.25, -0.2) is 0 Å². The molecule has 4 nitrogen and oxygen atoms in total. The van der Waals surface area contributed by atoms with Crippen molar-refractivity contribution in [1.29, 1.82) is 0 Å². The summed E-state index contributed by atoms with van der Waals surface area (Å²) in [6.07, 6.45) is 1.11. The Hall–Kier alpha value is -0.0400. The lowest BCUT2D eigenvalue weighted by molar-refractivity contribution is -0.125. The summed E-state index contributed by atoms with van der Waals surface area (Å²) in [7, 11) is 1.82. The van der Waals surface area contributed by atoms with Crippen LogP contribution in [0.1, 0.15) is 27.2 Å². The minimum absolute atomic E-state index is 0.0930. The van der Waals surface area contributed by atoms with E-state index in [1.54, 1.807) is 18.7 Å². The predicted molar refractivity (Wildman–Crippen MR) is 88.8 cm³/mol. The predicted octanol–water partition coefficient (Wildman–Crippen LogP) is 1.34. The molecule has 0 spiro atoms. The van der Waals surface area contributed by atoms with E-state index in [1.165, 1.54) is 0 Å². The topological polar surface area (TPSA) is 58.2 Å². The van der Waals surface area contributed by atoms with E-state index in [9.17, 15) is 9.59 Å². The van der Waals surface area contributed by atoms with Gasteiger partial charge < -0.3 is 5.32 Å². The molecular weight excluding hydrogens is 292 g/mol. The summed E-state index contributed by atoms with van der Waals surface area (Å²) in [6.45, 7) is 5.66. The highest BCUT2D eigenvalue weighted by atomic mass is 32.2. The molecule has 20 heavy (non-hydrogen) atoms. The van der Waals surface area contributed by atoms with E-state index in [0.29, 0.717) is 0 Å². The summed E-state index contributed by atoms with van der Waals surface area (Å²) in [5.74, 6) is 3.81. The average molecular weight is 319 g/mol. The van der Waals surface area contributed by atoms with Gasteiger partial charge in [0.1, 0.15) is 5.78 Å². The van der Waals surface area contributed by atoms with Gasteiger partial charge in [-0.05, 0) is 45.7 Å². The molecule has 0 aromatic carbocycles. The maximum absolute atomic E-state index is 12.4. The van der Waals surface area contributed by atoms with Gasteiger partial charge in [-0.3, -0.25) is 14.9 Å². The van der Waals surface area contributed by atoms with Crippen molar-refractivity contribution in [3.05, 3.63) is 0 Å². The largest absolute Gasteiger partial charge is 0.308 e. The summed E-state index contributed by atoms with van der Waals surface area (Å²) in [5, 5.41) is 6.32. The third kappa shape index (κ3) is 4.76. The molecule has 1 rings (SSSR count). The zero-order valence-electron chi connectivity index (χ0n) is 12.9. The molecule has 2 atom stereocenters. The molecule has 0 amide bonds. The van der Waals surface area contributed by atoms with Crippen LogP contribution in [0.25, 0.3) is 0 Å². The van der Waals surface area contributed by atoms with Gasteiger partial charge in [0, 0.05) is 11.5 Å². The lowest BCUT2D eigenvalue weighted by Crippen LogP contribution is -2.58. The van der Waals surface area contributed by atoms with Crippen molar-refractivity contribution >= 4 is 35.1 Å². The smallest absolute Gasteiger partial charge is 0.167 e. The molecule has 0 unspecified atom stereocenters. The van der Waals surface area contributed by atoms with Gasteiger partial charge in [-0.15, -0.1) is 0 Å². The molecule has 1 saturated heterocycles. The van der Waals surface area contributed by atoms with E-state index in [0.717, 1.165) is 29.4 Å². The first-order valence-electron chi connectivity index (χ1n) is 6.98. The minimum Gasteiger partial charge on any atom is -0.308 e. The van der Waals surface area contributed by atoms with E-state index in [1.807, 2.05) is 32.7 Å². The van der Waals surface area contributed by atoms with Crippen LogP contribution in [-0.4, -0.2) is 59.2 Å². The number of likely N-dealkylation sites (N-methyl/N-ethyl adjacent to an activating group) is 1. The Morgan fingerprint density at radius 1 is 1.25 bits per heavy atom. The Labute approximate surface area is 130 Å². The number of rotatable bonds is 2. The highest BCUT2D eigenvalue weighted by molar-refractivity contribution is 8.00. The summed E-state index contributed by atoms with van der Waals surface area (Å²) in [5.41, 5.74) is -1.14. The second kappa shape index (κ2) is 7.82. The summed E-state index contributed by atoms with van der Waals surface area (Å²) in [4.78, 5) is 24.3. The molecule has 0 aromatic rings. The van der Waals surface area contributed by atoms with Crippen LogP contribution in [0.5, 0.6) is 0 Å². The normalized spacial score (nSPS) is 34.1. The van der Waals surface area contributed by atoms with Crippen LogP contribution in [0, 0.1) is 0 Å². The Balaban J connectivity index is 2.82. The van der Waals surface area contributed by atoms with Crippen LogP contribution in [0.3, 0.4) is 0 Å². The number of carbonyl (C=O) groups is 2. The standard InChI is InChI=1S/C14H26N2O2S2/c1-11(17)13(2)9-19-6-5-7-20-10-14(3,15-4)12(18)8-16-13/h15-16H,5-10H2,1-4H3/t13-,14-/m0/s1. The SMILES string of the molecule is CN[C@@]1(C)CSCCCSC[C@@](C)(C(C)=O)NCC1=O. The molecule has 0 saturated carbocycles. The molecule has 2 N–H and O–H groups in total. The summed E-state index contributed by atoms with van der Waals surface area (Å²) < 4.78 is 0. The van der Waals surface area contributed by atoms with Crippen LogP contribution in [0.15, 0.2) is 0 Å². The Bertz CT molecular complexity index is 365. The first kappa shape index (κ1) is 18.0. The number of hydrogen-bond donors (Lipinski definition) is 2. The van der Waals surface area contributed by atoms with E-state index < -0.39 is 11.1 Å². The second-order valence-corrected chi connectivity index (χ2v) is 7.92. The van der Waals surface area contributed by atoms with E-state index in [2.05, 4.69) is 10.6 Å². The van der Waals surface area contributed by atoms with Crippen molar-refractivity contribution in [2.24, 2.45) is 0 Å². The molecule has 0 radical (unpaired) electrons. The molecule has 0 bridgehead atoms. The van der Waals surface area contributed by atoms with Gasteiger partial charge in [0.2, 0.25) is 0 Å². The molecule has 0 aliphatic carbocycles. The van der Waals surface area contributed by atoms with Crippen molar-refractivity contribution in [3.8, 4) is 0 Å². The zero-order chi connectivity index (χ0) is 15.2. The third-order valence-electron chi connectivity index (χ3n) is 3.94. The first-order valence-corrected chi connectivity index (χ1v) is 9.29. The monoisotopic (exact) mass is 318 g/mol. The number of hydrogen-bond acceptors (Lipinski definition) is 6. The van der Waals surface area contributed by atoms with Gasteiger partial charge in [-0.2, -0.15) is 23.5 Å². The van der Waals surface area contributed by atoms with Gasteiger partial charge >= 0.3 is 0 Å². The lowest BCUT2D eigenvalue weighted by Gasteiger charge is -2.32. The van der Waals surface area contributed by atoms with E-state index in [4.69, 9.17) is 0 Å². The summed E-state index contributed by atoms with van der Waals surface area (Å²) >= 11 is 3.60. The maximum atomic E-state index is 12.4. The summed E-state index contributed by atoms with van der Waals surface area (Å²) in [6, 6.07) is 0. The van der Waals surface area contributed by atoms with Gasteiger partial charge in [0.05, 0.1) is 17.6 Å². The van der Waals surface area contributed by atoms with E-state index >= 15 is 0 Å². The fourth-order valence-corrected chi connectivity index (χ4v) is 4.45. The maximum Gasteiger partial charge on any atom is 0.167 e. The Kier molecular flexibility index (Phi) is 7.04. The number of nitrogens with one attached hydrogen (secondary N) is 2. The quantitative estimate of drug-likeness (QED) is 0.801. The Morgan fingerprint density at radius 2 is 1.85 bits per heavy atom. The molecule has 6 heteroatoms. The highest BCUT2D eigenvalue weighted by Crippen LogP contribution is 2.20. The number of Topliss-reactive ketones (excluding diaryl/α,β-unsaturated/α-hetero) is 2. The van der Waals surface area contributed by atoms with Crippen molar-refractivity contribution in [1.82, 2.24) is 10.6 Å². The van der Waals surface area contributed by atoms with Crippen LogP contribution in [-0.2, 0) is 9.59 Å². The first-order chi connectivity index (χ1) is 9.34. The second-order valence-electron chi connectivity index (χ2n) is 5.71. The van der Waals surface area contributed by atoms with Gasteiger partial charge in [0.15, 0.2) is 5.78 Å². The highest BCUT2D eigenvalue weighted by Gasteiger charge is 2.35. The van der Waals surface area contributed by atoms with Crippen LogP contribution < -0.4 is 10.6 Å². The van der Waals surface area contributed by atoms with Crippen molar-refractivity contribution < 1.29 is 9.59 Å². The number of thioether (sulfide) groups is 2. The van der Waals surface area contributed by atoms with Crippen LogP contribution >= 0.6 is 23.5 Å². The molecule has 1 aliphatic rings.